The Morgan fingerprint density at radius 2 is 2.05 bits per heavy atom. The smallest absolute Gasteiger partial charge is 0.414 e. The van der Waals surface area contributed by atoms with Crippen LogP contribution in [-0.2, 0) is 16.0 Å². The van der Waals surface area contributed by atoms with Crippen LogP contribution < -0.4 is 15.1 Å². The topological polar surface area (TPSA) is 79.0 Å². The van der Waals surface area contributed by atoms with Crippen LogP contribution in [0.5, 0.6) is 0 Å². The minimum atomic E-state index is -0.436. The number of urea groups is 1. The molecule has 0 aliphatic carbocycles. The molecule has 0 aromatic heterocycles. The van der Waals surface area contributed by atoms with Gasteiger partial charge in [0.25, 0.3) is 0 Å². The summed E-state index contributed by atoms with van der Waals surface area (Å²) in [7, 11) is 1.34. The van der Waals surface area contributed by atoms with Crippen molar-refractivity contribution in [3.05, 3.63) is 23.8 Å². The maximum absolute atomic E-state index is 11.9. The fourth-order valence-corrected chi connectivity index (χ4v) is 2.65. The number of benzene rings is 1. The molecule has 1 N–H and O–H groups in total. The Balaban J connectivity index is 1.91. The summed E-state index contributed by atoms with van der Waals surface area (Å²) < 4.78 is 4.76. The second-order valence-electron chi connectivity index (χ2n) is 4.94. The molecule has 110 valence electrons. The zero-order valence-electron chi connectivity index (χ0n) is 11.6. The molecule has 2 heterocycles. The van der Waals surface area contributed by atoms with Gasteiger partial charge in [-0.15, -0.1) is 0 Å². The molecule has 0 unspecified atom stereocenters. The number of carbonyl (C=O) groups excluding carboxylic acids is 3. The summed E-state index contributed by atoms with van der Waals surface area (Å²) >= 11 is 0. The Morgan fingerprint density at radius 1 is 1.24 bits per heavy atom. The van der Waals surface area contributed by atoms with E-state index >= 15 is 0 Å². The molecule has 0 spiro atoms. The van der Waals surface area contributed by atoms with Crippen LogP contribution in [0.1, 0.15) is 12.0 Å². The zero-order valence-corrected chi connectivity index (χ0v) is 11.6. The van der Waals surface area contributed by atoms with Gasteiger partial charge in [0.05, 0.1) is 12.8 Å². The van der Waals surface area contributed by atoms with Crippen LogP contribution in [0.25, 0.3) is 0 Å². The summed E-state index contributed by atoms with van der Waals surface area (Å²) in [6.45, 7) is 0.901. The summed E-state index contributed by atoms with van der Waals surface area (Å²) in [4.78, 5) is 37.8. The summed E-state index contributed by atoms with van der Waals surface area (Å²) in [6, 6.07) is 5.08. The highest BCUT2D eigenvalue weighted by atomic mass is 16.5. The average molecular weight is 289 g/mol. The highest BCUT2D eigenvalue weighted by molar-refractivity contribution is 6.06. The maximum atomic E-state index is 11.9. The normalized spacial score (nSPS) is 17.6. The first-order chi connectivity index (χ1) is 10.1. The van der Waals surface area contributed by atoms with Gasteiger partial charge in [-0.25, -0.2) is 9.59 Å². The van der Waals surface area contributed by atoms with Crippen molar-refractivity contribution in [2.75, 3.05) is 30.0 Å². The lowest BCUT2D eigenvalue weighted by Gasteiger charge is -2.27. The third kappa shape index (κ3) is 2.31. The number of ether oxygens (including phenoxy) is 1. The van der Waals surface area contributed by atoms with Crippen molar-refractivity contribution in [2.24, 2.45) is 0 Å². The van der Waals surface area contributed by atoms with Crippen molar-refractivity contribution >= 4 is 29.4 Å². The van der Waals surface area contributed by atoms with Gasteiger partial charge in [-0.2, -0.15) is 0 Å². The Hall–Kier alpha value is -2.57. The van der Waals surface area contributed by atoms with E-state index in [0.717, 1.165) is 17.7 Å². The van der Waals surface area contributed by atoms with Gasteiger partial charge in [0.1, 0.15) is 0 Å². The third-order valence-electron chi connectivity index (χ3n) is 3.73. The molecular weight excluding hydrogens is 274 g/mol. The van der Waals surface area contributed by atoms with Crippen LogP contribution in [0, 0.1) is 0 Å². The first kappa shape index (κ1) is 13.4. The summed E-state index contributed by atoms with van der Waals surface area (Å²) in [5, 5.41) is 2.28. The van der Waals surface area contributed by atoms with Crippen LogP contribution in [0.15, 0.2) is 18.2 Å². The number of nitrogens with zero attached hydrogens (tertiary/aromatic N) is 2. The molecule has 0 atom stereocenters. The first-order valence-electron chi connectivity index (χ1n) is 6.70. The predicted octanol–water partition coefficient (Wildman–Crippen LogP) is 1.26. The van der Waals surface area contributed by atoms with Crippen LogP contribution in [0.3, 0.4) is 0 Å². The van der Waals surface area contributed by atoms with E-state index in [4.69, 9.17) is 4.74 Å². The van der Waals surface area contributed by atoms with Gasteiger partial charge in [0, 0.05) is 25.2 Å². The summed E-state index contributed by atoms with van der Waals surface area (Å²) in [6.07, 6.45) is 0.614. The van der Waals surface area contributed by atoms with Crippen LogP contribution in [0.4, 0.5) is 21.0 Å². The monoisotopic (exact) mass is 289 g/mol. The van der Waals surface area contributed by atoms with E-state index in [1.54, 1.807) is 11.0 Å². The van der Waals surface area contributed by atoms with E-state index < -0.39 is 12.1 Å². The number of imide groups is 1. The van der Waals surface area contributed by atoms with Gasteiger partial charge in [0.15, 0.2) is 0 Å². The number of anilines is 2. The van der Waals surface area contributed by atoms with Crippen molar-refractivity contribution < 1.29 is 19.1 Å². The van der Waals surface area contributed by atoms with E-state index in [9.17, 15) is 14.4 Å². The second-order valence-corrected chi connectivity index (χ2v) is 4.94. The predicted molar refractivity (Wildman–Crippen MR) is 75.4 cm³/mol. The Kier molecular flexibility index (Phi) is 3.25. The van der Waals surface area contributed by atoms with E-state index in [1.807, 2.05) is 12.1 Å². The minimum Gasteiger partial charge on any atom is -0.452 e. The molecule has 0 radical (unpaired) electrons. The van der Waals surface area contributed by atoms with Crippen LogP contribution >= 0.6 is 0 Å². The van der Waals surface area contributed by atoms with Gasteiger partial charge in [-0.05, 0) is 24.1 Å². The number of rotatable bonds is 1. The molecule has 1 aromatic rings. The van der Waals surface area contributed by atoms with Gasteiger partial charge in [0.2, 0.25) is 5.91 Å². The van der Waals surface area contributed by atoms with Crippen molar-refractivity contribution in [3.63, 3.8) is 0 Å². The minimum absolute atomic E-state index is 0.267. The lowest BCUT2D eigenvalue weighted by molar-refractivity contribution is -0.120. The van der Waals surface area contributed by atoms with Crippen molar-refractivity contribution in [1.29, 1.82) is 0 Å². The Morgan fingerprint density at radius 3 is 2.76 bits per heavy atom. The number of methoxy groups -OCH3 is 1. The highest BCUT2D eigenvalue weighted by Gasteiger charge is 2.29. The van der Waals surface area contributed by atoms with E-state index in [2.05, 4.69) is 5.32 Å². The van der Waals surface area contributed by atoms with E-state index in [0.29, 0.717) is 18.8 Å². The van der Waals surface area contributed by atoms with Crippen LogP contribution in [0.2, 0.25) is 0 Å². The third-order valence-corrected chi connectivity index (χ3v) is 3.73. The fourth-order valence-electron chi connectivity index (χ4n) is 2.65. The molecular formula is C14H15N3O4. The molecule has 4 amide bonds. The number of fused-ring (bicyclic) bond motifs is 1. The fraction of sp³-hybridized carbons (Fsp3) is 0.357. The number of carbonyl (C=O) groups is 3. The molecule has 21 heavy (non-hydrogen) atoms. The van der Waals surface area contributed by atoms with Gasteiger partial charge >= 0.3 is 12.1 Å². The number of nitrogens with one attached hydrogen (secondary N) is 1. The SMILES string of the molecule is COC(=O)N1CCc2ccc(N3CCC(=O)NC3=O)cc21. The molecule has 0 bridgehead atoms. The summed E-state index contributed by atoms with van der Waals surface area (Å²) in [5.41, 5.74) is 2.45. The lowest BCUT2D eigenvalue weighted by Crippen LogP contribution is -2.49. The maximum Gasteiger partial charge on any atom is 0.414 e. The van der Waals surface area contributed by atoms with Crippen molar-refractivity contribution in [2.45, 2.75) is 12.8 Å². The second kappa shape index (κ2) is 5.08. The Labute approximate surface area is 121 Å². The Bertz CT molecular complexity index is 629. The first-order valence-corrected chi connectivity index (χ1v) is 6.70. The van der Waals surface area contributed by atoms with E-state index in [-0.39, 0.29) is 12.3 Å². The molecule has 2 aliphatic heterocycles. The zero-order chi connectivity index (χ0) is 15.0. The molecule has 1 fully saturated rings. The molecule has 1 saturated heterocycles. The average Bonchev–Trinajstić information content (AvgIpc) is 2.89. The largest absolute Gasteiger partial charge is 0.452 e. The number of amides is 4. The number of hydrogen-bond acceptors (Lipinski definition) is 4. The van der Waals surface area contributed by atoms with Gasteiger partial charge < -0.3 is 4.74 Å². The molecule has 7 nitrogen and oxygen atoms in total. The molecule has 7 heteroatoms. The molecule has 2 aliphatic rings. The molecule has 3 rings (SSSR count). The lowest BCUT2D eigenvalue weighted by atomic mass is 10.1. The van der Waals surface area contributed by atoms with Crippen molar-refractivity contribution in [1.82, 2.24) is 5.32 Å². The number of hydrogen-bond donors (Lipinski definition) is 1. The molecule has 0 saturated carbocycles. The van der Waals surface area contributed by atoms with Crippen LogP contribution in [-0.4, -0.2) is 38.2 Å². The summed E-state index contributed by atoms with van der Waals surface area (Å²) in [5.74, 6) is -0.270. The van der Waals surface area contributed by atoms with E-state index in [1.165, 1.54) is 12.0 Å². The standard InChI is InChI=1S/C14H15N3O4/c1-21-14(20)17-6-4-9-2-3-10(8-11(9)17)16-7-5-12(18)15-13(16)19/h2-3,8H,4-7H2,1H3,(H,15,18,19). The molecule has 1 aromatic carbocycles. The van der Waals surface area contributed by atoms with Crippen molar-refractivity contribution in [3.8, 4) is 0 Å². The van der Waals surface area contributed by atoms with Gasteiger partial charge in [-0.3, -0.25) is 19.9 Å². The van der Waals surface area contributed by atoms with Gasteiger partial charge in [-0.1, -0.05) is 6.07 Å². The quantitative estimate of drug-likeness (QED) is 0.844. The highest BCUT2D eigenvalue weighted by Crippen LogP contribution is 2.33.